The van der Waals surface area contributed by atoms with E-state index in [2.05, 4.69) is 5.32 Å². The molecule has 0 aromatic heterocycles. The second-order valence-corrected chi connectivity index (χ2v) is 5.84. The van der Waals surface area contributed by atoms with Crippen LogP contribution in [0.4, 0.5) is 0 Å². The van der Waals surface area contributed by atoms with Crippen molar-refractivity contribution in [2.24, 2.45) is 5.92 Å². The summed E-state index contributed by atoms with van der Waals surface area (Å²) in [6.45, 7) is 0. The molecule has 0 unspecified atom stereocenters. The van der Waals surface area contributed by atoms with Gasteiger partial charge in [-0.05, 0) is 31.0 Å². The number of ether oxygens (including phenoxy) is 2. The zero-order chi connectivity index (χ0) is 17.5. The van der Waals surface area contributed by atoms with Crippen molar-refractivity contribution in [3.63, 3.8) is 0 Å². The van der Waals surface area contributed by atoms with Crippen LogP contribution in [0.1, 0.15) is 42.5 Å². The first-order chi connectivity index (χ1) is 11.6. The Hall–Kier alpha value is -2.55. The third kappa shape index (κ3) is 4.05. The van der Waals surface area contributed by atoms with Crippen molar-refractivity contribution in [3.8, 4) is 17.6 Å². The monoisotopic (exact) mass is 330 g/mol. The summed E-state index contributed by atoms with van der Waals surface area (Å²) >= 11 is 0. The van der Waals surface area contributed by atoms with Crippen LogP contribution in [-0.2, 0) is 4.79 Å². The molecule has 24 heavy (non-hydrogen) atoms. The van der Waals surface area contributed by atoms with E-state index in [9.17, 15) is 14.9 Å². The van der Waals surface area contributed by atoms with E-state index in [0.29, 0.717) is 11.5 Å². The van der Waals surface area contributed by atoms with Gasteiger partial charge in [-0.15, -0.1) is 0 Å². The Morgan fingerprint density at radius 3 is 2.42 bits per heavy atom. The summed E-state index contributed by atoms with van der Waals surface area (Å²) in [6.07, 6.45) is 5.08. The van der Waals surface area contributed by atoms with Crippen LogP contribution in [0.3, 0.4) is 0 Å². The zero-order valence-corrected chi connectivity index (χ0v) is 14.0. The highest BCUT2D eigenvalue weighted by molar-refractivity contribution is 6.12. The third-order valence-electron chi connectivity index (χ3n) is 4.27. The van der Waals surface area contributed by atoms with Crippen molar-refractivity contribution < 1.29 is 19.1 Å². The summed E-state index contributed by atoms with van der Waals surface area (Å²) in [4.78, 5) is 24.9. The highest BCUT2D eigenvalue weighted by atomic mass is 16.5. The maximum absolute atomic E-state index is 12.5. The molecule has 0 bridgehead atoms. The highest BCUT2D eigenvalue weighted by Gasteiger charge is 2.30. The Morgan fingerprint density at radius 1 is 1.17 bits per heavy atom. The van der Waals surface area contributed by atoms with Gasteiger partial charge in [-0.1, -0.05) is 19.3 Å². The topological polar surface area (TPSA) is 88.4 Å². The largest absolute Gasteiger partial charge is 0.493 e. The summed E-state index contributed by atoms with van der Waals surface area (Å²) in [5.74, 6) is -1.55. The Balaban J connectivity index is 2.13. The van der Waals surface area contributed by atoms with E-state index in [1.807, 2.05) is 6.07 Å². The van der Waals surface area contributed by atoms with Crippen LogP contribution in [0.15, 0.2) is 18.2 Å². The minimum absolute atomic E-state index is 0.0558. The van der Waals surface area contributed by atoms with Gasteiger partial charge in [0.2, 0.25) is 5.91 Å². The lowest BCUT2D eigenvalue weighted by molar-refractivity contribution is -0.123. The molecule has 1 aromatic carbocycles. The fourth-order valence-electron chi connectivity index (χ4n) is 2.92. The standard InChI is InChI=1S/C18H22N2O4/c1-23-15-9-8-12(10-16(15)24-2)17(21)14(11-19)18(22)20-13-6-4-3-5-7-13/h8-10,13-14H,3-7H2,1-2H3,(H,20,22)/t14-/m1/s1. The van der Waals surface area contributed by atoms with Gasteiger partial charge in [0.15, 0.2) is 23.2 Å². The number of Topliss-reactive ketones (excluding diaryl/α,β-unsaturated/α-hetero) is 1. The molecule has 0 heterocycles. The fourth-order valence-corrected chi connectivity index (χ4v) is 2.92. The summed E-state index contributed by atoms with van der Waals surface area (Å²) < 4.78 is 10.3. The molecule has 0 spiro atoms. The smallest absolute Gasteiger partial charge is 0.245 e. The lowest BCUT2D eigenvalue weighted by Gasteiger charge is -2.23. The maximum Gasteiger partial charge on any atom is 0.245 e. The Morgan fingerprint density at radius 2 is 1.83 bits per heavy atom. The molecule has 2 rings (SSSR count). The van der Waals surface area contributed by atoms with Crippen molar-refractivity contribution >= 4 is 11.7 Å². The average molecular weight is 330 g/mol. The quantitative estimate of drug-likeness (QED) is 0.639. The van der Waals surface area contributed by atoms with Gasteiger partial charge in [-0.25, -0.2) is 0 Å². The lowest BCUT2D eigenvalue weighted by atomic mass is 9.93. The van der Waals surface area contributed by atoms with Gasteiger partial charge >= 0.3 is 0 Å². The Labute approximate surface area is 141 Å². The Kier molecular flexibility index (Phi) is 6.19. The van der Waals surface area contributed by atoms with Gasteiger partial charge in [0, 0.05) is 11.6 Å². The Bertz CT molecular complexity index is 645. The van der Waals surface area contributed by atoms with Crippen molar-refractivity contribution in [1.29, 1.82) is 5.26 Å². The van der Waals surface area contributed by atoms with Crippen LogP contribution in [-0.4, -0.2) is 32.0 Å². The number of carbonyl (C=O) groups is 2. The maximum atomic E-state index is 12.5. The SMILES string of the molecule is COc1ccc(C(=O)[C@@H](C#N)C(=O)NC2CCCCC2)cc1OC. The number of carbonyl (C=O) groups excluding carboxylic acids is 2. The molecule has 1 saturated carbocycles. The third-order valence-corrected chi connectivity index (χ3v) is 4.27. The summed E-state index contributed by atoms with van der Waals surface area (Å²) in [6, 6.07) is 6.48. The van der Waals surface area contributed by atoms with Gasteiger partial charge in [-0.3, -0.25) is 9.59 Å². The van der Waals surface area contributed by atoms with Crippen LogP contribution in [0.5, 0.6) is 11.5 Å². The number of amides is 1. The van der Waals surface area contributed by atoms with Crippen molar-refractivity contribution in [2.75, 3.05) is 14.2 Å². The zero-order valence-electron chi connectivity index (χ0n) is 14.0. The molecule has 1 aliphatic carbocycles. The van der Waals surface area contributed by atoms with E-state index in [1.165, 1.54) is 32.8 Å². The lowest BCUT2D eigenvalue weighted by Crippen LogP contribution is -2.42. The van der Waals surface area contributed by atoms with Crippen molar-refractivity contribution in [2.45, 2.75) is 38.1 Å². The van der Waals surface area contributed by atoms with Crippen molar-refractivity contribution in [1.82, 2.24) is 5.32 Å². The number of nitrogens with zero attached hydrogens (tertiary/aromatic N) is 1. The molecule has 1 amide bonds. The predicted octanol–water partition coefficient (Wildman–Crippen LogP) is 2.48. The molecule has 1 atom stereocenters. The van der Waals surface area contributed by atoms with E-state index < -0.39 is 17.6 Å². The van der Waals surface area contributed by atoms with E-state index in [4.69, 9.17) is 9.47 Å². The van der Waals surface area contributed by atoms with Crippen LogP contribution in [0, 0.1) is 17.2 Å². The first-order valence-electron chi connectivity index (χ1n) is 8.07. The molecule has 1 N–H and O–H groups in total. The minimum Gasteiger partial charge on any atom is -0.493 e. The molecule has 0 saturated heterocycles. The number of rotatable bonds is 6. The van der Waals surface area contributed by atoms with Crippen molar-refractivity contribution in [3.05, 3.63) is 23.8 Å². The first kappa shape index (κ1) is 17.8. The van der Waals surface area contributed by atoms with Crippen LogP contribution in [0.2, 0.25) is 0 Å². The number of ketones is 1. The molecule has 1 aromatic rings. The van der Waals surface area contributed by atoms with Crippen LogP contribution in [0.25, 0.3) is 0 Å². The molecule has 1 fully saturated rings. The molecule has 6 heteroatoms. The van der Waals surface area contributed by atoms with Crippen LogP contribution < -0.4 is 14.8 Å². The molecule has 0 aliphatic heterocycles. The molecule has 128 valence electrons. The number of nitriles is 1. The van der Waals surface area contributed by atoms with Gasteiger partial charge in [-0.2, -0.15) is 5.26 Å². The molecular formula is C18H22N2O4. The second-order valence-electron chi connectivity index (χ2n) is 5.84. The summed E-state index contributed by atoms with van der Waals surface area (Å²) in [7, 11) is 2.96. The highest BCUT2D eigenvalue weighted by Crippen LogP contribution is 2.28. The van der Waals surface area contributed by atoms with Crippen LogP contribution >= 0.6 is 0 Å². The van der Waals surface area contributed by atoms with E-state index >= 15 is 0 Å². The fraction of sp³-hybridized carbons (Fsp3) is 0.500. The molecule has 6 nitrogen and oxygen atoms in total. The normalized spacial score (nSPS) is 15.9. The first-order valence-corrected chi connectivity index (χ1v) is 8.07. The van der Waals surface area contributed by atoms with Gasteiger partial charge in [0.05, 0.1) is 20.3 Å². The van der Waals surface area contributed by atoms with E-state index in [-0.39, 0.29) is 11.6 Å². The number of nitrogens with one attached hydrogen (secondary N) is 1. The molecule has 0 radical (unpaired) electrons. The summed E-state index contributed by atoms with van der Waals surface area (Å²) in [5, 5.41) is 12.1. The number of benzene rings is 1. The van der Waals surface area contributed by atoms with E-state index in [1.54, 1.807) is 6.07 Å². The number of hydrogen-bond acceptors (Lipinski definition) is 5. The molecule has 1 aliphatic rings. The minimum atomic E-state index is -1.36. The van der Waals surface area contributed by atoms with Gasteiger partial charge in [0.1, 0.15) is 0 Å². The van der Waals surface area contributed by atoms with Gasteiger partial charge in [0.25, 0.3) is 0 Å². The van der Waals surface area contributed by atoms with E-state index in [0.717, 1.165) is 25.7 Å². The average Bonchev–Trinajstić information content (AvgIpc) is 2.62. The molecular weight excluding hydrogens is 308 g/mol. The number of methoxy groups -OCH3 is 2. The summed E-state index contributed by atoms with van der Waals surface area (Å²) in [5.41, 5.74) is 0.248. The predicted molar refractivity (Wildman–Crippen MR) is 88.0 cm³/mol. The van der Waals surface area contributed by atoms with Gasteiger partial charge < -0.3 is 14.8 Å². The number of hydrogen-bond donors (Lipinski definition) is 1. The second kappa shape index (κ2) is 8.34.